The number of rotatable bonds is 4. The second-order valence-electron chi connectivity index (χ2n) is 6.64. The average molecular weight is 281 g/mol. The maximum Gasteiger partial charge on any atom is 0.486 e. The fraction of sp³-hybridized carbons (Fsp3) is 0.786. The zero-order chi connectivity index (χ0) is 15.0. The molecule has 2 aliphatic heterocycles. The van der Waals surface area contributed by atoms with Crippen molar-refractivity contribution in [3.8, 4) is 0 Å². The SMILES string of the molecule is CC1(C)OB(/C=C/CN2CC[C@@H](C(=O)O)C2)OC1(C)C. The first kappa shape index (κ1) is 15.5. The summed E-state index contributed by atoms with van der Waals surface area (Å²) in [5, 5.41) is 8.96. The predicted octanol–water partition coefficient (Wildman–Crippen LogP) is 1.58. The second-order valence-corrected chi connectivity index (χ2v) is 6.64. The molecule has 2 aliphatic rings. The Morgan fingerprint density at radius 3 is 2.45 bits per heavy atom. The smallest absolute Gasteiger partial charge is 0.481 e. The summed E-state index contributed by atoms with van der Waals surface area (Å²) in [6.45, 7) is 10.3. The molecule has 0 aromatic rings. The van der Waals surface area contributed by atoms with Crippen LogP contribution in [0, 0.1) is 5.92 Å². The van der Waals surface area contributed by atoms with Crippen LogP contribution in [-0.2, 0) is 14.1 Å². The van der Waals surface area contributed by atoms with Gasteiger partial charge >= 0.3 is 13.1 Å². The van der Waals surface area contributed by atoms with Gasteiger partial charge in [-0.3, -0.25) is 9.69 Å². The van der Waals surface area contributed by atoms with Gasteiger partial charge in [0, 0.05) is 13.1 Å². The Kier molecular flexibility index (Phi) is 4.28. The van der Waals surface area contributed by atoms with Gasteiger partial charge in [-0.15, -0.1) is 0 Å². The summed E-state index contributed by atoms with van der Waals surface area (Å²) >= 11 is 0. The van der Waals surface area contributed by atoms with Gasteiger partial charge in [0.2, 0.25) is 0 Å². The molecule has 112 valence electrons. The third-order valence-corrected chi connectivity index (χ3v) is 4.55. The summed E-state index contributed by atoms with van der Waals surface area (Å²) in [4.78, 5) is 13.0. The number of aliphatic carboxylic acids is 1. The highest BCUT2D eigenvalue weighted by molar-refractivity contribution is 6.51. The lowest BCUT2D eigenvalue weighted by Crippen LogP contribution is -2.41. The van der Waals surface area contributed by atoms with Crippen LogP contribution in [0.1, 0.15) is 34.1 Å². The van der Waals surface area contributed by atoms with Crippen LogP contribution in [0.2, 0.25) is 0 Å². The topological polar surface area (TPSA) is 59.0 Å². The number of hydrogen-bond acceptors (Lipinski definition) is 4. The van der Waals surface area contributed by atoms with Gasteiger partial charge in [-0.05, 0) is 40.7 Å². The normalized spacial score (nSPS) is 29.4. The summed E-state index contributed by atoms with van der Waals surface area (Å²) in [6, 6.07) is 0. The second kappa shape index (κ2) is 5.50. The van der Waals surface area contributed by atoms with Crippen molar-refractivity contribution in [1.29, 1.82) is 0 Å². The van der Waals surface area contributed by atoms with Crippen LogP contribution in [-0.4, -0.2) is 53.9 Å². The standard InChI is InChI=1S/C14H24BNO4/c1-13(2)14(3,4)20-15(19-13)7-5-8-16-9-6-11(10-16)12(17)18/h5,7,11H,6,8-10H2,1-4H3,(H,17,18)/b7-5+/t11-/m1/s1. The van der Waals surface area contributed by atoms with E-state index in [9.17, 15) is 4.79 Å². The molecule has 2 saturated heterocycles. The van der Waals surface area contributed by atoms with Crippen LogP contribution in [0.4, 0.5) is 0 Å². The van der Waals surface area contributed by atoms with Gasteiger partial charge in [-0.2, -0.15) is 0 Å². The van der Waals surface area contributed by atoms with Gasteiger partial charge < -0.3 is 14.4 Å². The molecule has 6 heteroatoms. The summed E-state index contributed by atoms with van der Waals surface area (Å²) < 4.78 is 11.7. The number of carboxylic acid groups (broad SMARTS) is 1. The third kappa shape index (κ3) is 3.24. The van der Waals surface area contributed by atoms with E-state index in [4.69, 9.17) is 14.4 Å². The lowest BCUT2D eigenvalue weighted by atomic mass is 9.90. The Labute approximate surface area is 121 Å². The molecule has 0 unspecified atom stereocenters. The molecule has 0 spiro atoms. The van der Waals surface area contributed by atoms with Gasteiger partial charge in [0.05, 0.1) is 17.1 Å². The molecule has 20 heavy (non-hydrogen) atoms. The van der Waals surface area contributed by atoms with Crippen molar-refractivity contribution >= 4 is 13.1 Å². The van der Waals surface area contributed by atoms with Crippen LogP contribution in [0.15, 0.2) is 12.1 Å². The lowest BCUT2D eigenvalue weighted by molar-refractivity contribution is -0.141. The van der Waals surface area contributed by atoms with Gasteiger partial charge in [0.15, 0.2) is 0 Å². The van der Waals surface area contributed by atoms with Crippen LogP contribution in [0.5, 0.6) is 0 Å². The van der Waals surface area contributed by atoms with Crippen molar-refractivity contribution in [3.05, 3.63) is 12.1 Å². The fourth-order valence-electron chi connectivity index (χ4n) is 2.49. The highest BCUT2D eigenvalue weighted by Gasteiger charge is 2.49. The molecule has 0 saturated carbocycles. The summed E-state index contributed by atoms with van der Waals surface area (Å²) in [5.74, 6) is 1.01. The molecule has 0 aromatic heterocycles. The van der Waals surface area contributed by atoms with E-state index in [0.29, 0.717) is 6.54 Å². The van der Waals surface area contributed by atoms with Gasteiger partial charge in [-0.25, -0.2) is 0 Å². The van der Waals surface area contributed by atoms with Crippen LogP contribution in [0.25, 0.3) is 0 Å². The number of carboxylic acids is 1. The molecule has 2 rings (SSSR count). The lowest BCUT2D eigenvalue weighted by Gasteiger charge is -2.32. The Bertz CT molecular complexity index is 392. The first-order chi connectivity index (χ1) is 9.21. The van der Waals surface area contributed by atoms with Gasteiger partial charge in [0.25, 0.3) is 0 Å². The summed E-state index contributed by atoms with van der Waals surface area (Å²) in [5.41, 5.74) is -0.631. The average Bonchev–Trinajstić information content (AvgIpc) is 2.83. The van der Waals surface area contributed by atoms with E-state index >= 15 is 0 Å². The monoisotopic (exact) mass is 281 g/mol. The fourth-order valence-corrected chi connectivity index (χ4v) is 2.49. The molecule has 0 bridgehead atoms. The van der Waals surface area contributed by atoms with E-state index in [-0.39, 0.29) is 24.2 Å². The first-order valence-electron chi connectivity index (χ1n) is 7.19. The summed E-state index contributed by atoms with van der Waals surface area (Å²) in [6.07, 6.45) is 2.74. The quantitative estimate of drug-likeness (QED) is 0.793. The minimum Gasteiger partial charge on any atom is -0.481 e. The van der Waals surface area contributed by atoms with Crippen molar-refractivity contribution in [3.63, 3.8) is 0 Å². The van der Waals surface area contributed by atoms with E-state index in [1.807, 2.05) is 39.7 Å². The molecule has 5 nitrogen and oxygen atoms in total. The highest BCUT2D eigenvalue weighted by atomic mass is 16.7. The number of nitrogens with zero attached hydrogens (tertiary/aromatic N) is 1. The van der Waals surface area contributed by atoms with Crippen molar-refractivity contribution in [2.75, 3.05) is 19.6 Å². The first-order valence-corrected chi connectivity index (χ1v) is 7.19. The van der Waals surface area contributed by atoms with Crippen molar-refractivity contribution in [2.45, 2.75) is 45.3 Å². The Balaban J connectivity index is 1.80. The van der Waals surface area contributed by atoms with Crippen molar-refractivity contribution in [2.24, 2.45) is 5.92 Å². The number of carbonyl (C=O) groups is 1. The molecule has 0 aromatic carbocycles. The Morgan fingerprint density at radius 1 is 1.35 bits per heavy atom. The van der Waals surface area contributed by atoms with Gasteiger partial charge in [-0.1, -0.05) is 12.1 Å². The molecule has 0 amide bonds. The van der Waals surface area contributed by atoms with E-state index in [1.165, 1.54) is 0 Å². The maximum atomic E-state index is 10.9. The highest BCUT2D eigenvalue weighted by Crippen LogP contribution is 2.36. The number of likely N-dealkylation sites (tertiary alicyclic amines) is 1. The van der Waals surface area contributed by atoms with Crippen LogP contribution < -0.4 is 0 Å². The molecular weight excluding hydrogens is 257 g/mol. The number of hydrogen-bond donors (Lipinski definition) is 1. The van der Waals surface area contributed by atoms with Crippen molar-refractivity contribution in [1.82, 2.24) is 4.90 Å². The van der Waals surface area contributed by atoms with E-state index in [0.717, 1.165) is 19.5 Å². The van der Waals surface area contributed by atoms with E-state index < -0.39 is 5.97 Å². The zero-order valence-corrected chi connectivity index (χ0v) is 12.8. The summed E-state index contributed by atoms with van der Waals surface area (Å²) in [7, 11) is -0.321. The predicted molar refractivity (Wildman–Crippen MR) is 77.4 cm³/mol. The Hall–Kier alpha value is -0.845. The third-order valence-electron chi connectivity index (χ3n) is 4.55. The van der Waals surface area contributed by atoms with E-state index in [2.05, 4.69) is 4.90 Å². The molecular formula is C14H24BNO4. The van der Waals surface area contributed by atoms with Crippen LogP contribution >= 0.6 is 0 Å². The Morgan fingerprint density at radius 2 is 1.95 bits per heavy atom. The molecule has 1 atom stereocenters. The maximum absolute atomic E-state index is 10.9. The van der Waals surface area contributed by atoms with Crippen LogP contribution in [0.3, 0.4) is 0 Å². The molecule has 2 fully saturated rings. The minimum absolute atomic E-state index is 0.222. The zero-order valence-electron chi connectivity index (χ0n) is 12.8. The van der Waals surface area contributed by atoms with Gasteiger partial charge in [0.1, 0.15) is 0 Å². The minimum atomic E-state index is -0.692. The molecule has 2 heterocycles. The molecule has 0 radical (unpaired) electrons. The largest absolute Gasteiger partial charge is 0.486 e. The molecule has 1 N–H and O–H groups in total. The molecule has 0 aliphatic carbocycles. The van der Waals surface area contributed by atoms with Crippen molar-refractivity contribution < 1.29 is 19.2 Å². The van der Waals surface area contributed by atoms with E-state index in [1.54, 1.807) is 0 Å².